The number of rotatable bonds is 79. The number of aliphatic hydroxyl groups is 1. The first-order chi connectivity index (χ1) is 49.7. The van der Waals surface area contributed by atoms with E-state index in [1.807, 2.05) is 12.2 Å². The molecule has 0 heterocycles. The molecule has 0 spiro atoms. The van der Waals surface area contributed by atoms with Crippen LogP contribution in [0, 0.1) is 0 Å². The van der Waals surface area contributed by atoms with Crippen LogP contribution in [0.25, 0.3) is 0 Å². The van der Waals surface area contributed by atoms with Gasteiger partial charge in [-0.3, -0.25) is 37.3 Å². The zero-order valence-corrected chi connectivity index (χ0v) is 67.1. The molecule has 0 radical (unpaired) electrons. The quantitative estimate of drug-likeness (QED) is 0.0169. The monoisotopic (exact) mass is 1480 g/mol. The van der Waals surface area contributed by atoms with Crippen LogP contribution < -0.4 is 0 Å². The van der Waals surface area contributed by atoms with Gasteiger partial charge >= 0.3 is 39.5 Å². The number of esters is 4. The number of phosphoric acid groups is 2. The second kappa shape index (κ2) is 76.0. The molecule has 19 heteroatoms. The Kier molecular flexibility index (Phi) is 73.6. The SMILES string of the molecule is CCCCC/C=C\C/C=C\C/C=C\C/C=C\CCCC(=O)OC[C@H](COP(=O)(O)OC[C@H](O)COP(=O)(O)OC[C@@H](COC(=O)CCCCCCC/C=C\CCCCCCCC)OC(=O)CCCCCCCCCCCCCCC)OC(=O)CCCCCCCCCCCCCCCCCCC. The molecule has 0 aliphatic rings. The van der Waals surface area contributed by atoms with Gasteiger partial charge in [0.1, 0.15) is 19.3 Å². The number of hydrogen-bond acceptors (Lipinski definition) is 15. The number of unbranched alkanes of at least 4 members (excludes halogenated alkanes) is 43. The Morgan fingerprint density at radius 2 is 0.490 bits per heavy atom. The number of aliphatic hydroxyl groups excluding tert-OH is 1. The Labute approximate surface area is 622 Å². The summed E-state index contributed by atoms with van der Waals surface area (Å²) in [5, 5.41) is 10.6. The number of ether oxygens (including phenoxy) is 4. The highest BCUT2D eigenvalue weighted by Crippen LogP contribution is 2.45. The van der Waals surface area contributed by atoms with Crippen molar-refractivity contribution in [2.24, 2.45) is 0 Å². The van der Waals surface area contributed by atoms with Crippen molar-refractivity contribution in [3.05, 3.63) is 60.8 Å². The molecule has 0 aromatic heterocycles. The lowest BCUT2D eigenvalue weighted by atomic mass is 10.0. The smallest absolute Gasteiger partial charge is 0.462 e. The Hall–Kier alpha value is -3.24. The molecule has 0 aromatic carbocycles. The highest BCUT2D eigenvalue weighted by atomic mass is 31.2. The first-order valence-electron chi connectivity index (χ1n) is 41.5. The molecule has 0 aliphatic heterocycles. The molecule has 0 aromatic rings. The second-order valence-electron chi connectivity index (χ2n) is 28.1. The van der Waals surface area contributed by atoms with E-state index in [-0.39, 0.29) is 25.7 Å². The molecule has 5 atom stereocenters. The predicted octanol–water partition coefficient (Wildman–Crippen LogP) is 24.2. The van der Waals surface area contributed by atoms with Crippen molar-refractivity contribution in [2.45, 2.75) is 406 Å². The summed E-state index contributed by atoms with van der Waals surface area (Å²) in [6.45, 7) is 4.87. The van der Waals surface area contributed by atoms with Gasteiger partial charge in [-0.25, -0.2) is 9.13 Å². The van der Waals surface area contributed by atoms with Crippen LogP contribution in [0.2, 0.25) is 0 Å². The molecule has 0 aliphatic carbocycles. The summed E-state index contributed by atoms with van der Waals surface area (Å²) in [4.78, 5) is 73.0. The average molecular weight is 1480 g/mol. The zero-order chi connectivity index (χ0) is 74.6. The van der Waals surface area contributed by atoms with E-state index in [0.717, 1.165) is 116 Å². The summed E-state index contributed by atoms with van der Waals surface area (Å²) in [7, 11) is -9.95. The molecule has 0 bridgehead atoms. The number of carbonyl (C=O) groups is 4. The number of hydrogen-bond donors (Lipinski definition) is 3. The lowest BCUT2D eigenvalue weighted by Gasteiger charge is -2.21. The highest BCUT2D eigenvalue weighted by Gasteiger charge is 2.30. The van der Waals surface area contributed by atoms with Gasteiger partial charge < -0.3 is 33.8 Å². The third-order valence-corrected chi connectivity index (χ3v) is 19.9. The molecule has 0 saturated heterocycles. The lowest BCUT2D eigenvalue weighted by molar-refractivity contribution is -0.161. The minimum absolute atomic E-state index is 0.0904. The molecule has 102 heavy (non-hydrogen) atoms. The van der Waals surface area contributed by atoms with Gasteiger partial charge in [0.05, 0.1) is 26.4 Å². The van der Waals surface area contributed by atoms with E-state index in [1.54, 1.807) is 0 Å². The van der Waals surface area contributed by atoms with E-state index >= 15 is 0 Å². The minimum Gasteiger partial charge on any atom is -0.462 e. The number of allylic oxidation sites excluding steroid dienone is 10. The van der Waals surface area contributed by atoms with Crippen molar-refractivity contribution in [2.75, 3.05) is 39.6 Å². The summed E-state index contributed by atoms with van der Waals surface area (Å²) in [5.41, 5.74) is 0. The van der Waals surface area contributed by atoms with E-state index in [1.165, 1.54) is 186 Å². The molecule has 0 fully saturated rings. The van der Waals surface area contributed by atoms with Crippen LogP contribution in [0.15, 0.2) is 60.8 Å². The van der Waals surface area contributed by atoms with Gasteiger partial charge in [-0.1, -0.05) is 332 Å². The van der Waals surface area contributed by atoms with E-state index < -0.39 is 97.5 Å². The Morgan fingerprint density at radius 1 is 0.275 bits per heavy atom. The zero-order valence-electron chi connectivity index (χ0n) is 65.3. The maximum absolute atomic E-state index is 13.1. The van der Waals surface area contributed by atoms with Gasteiger partial charge in [0, 0.05) is 25.7 Å². The Bertz CT molecular complexity index is 2170. The molecule has 17 nitrogen and oxygen atoms in total. The van der Waals surface area contributed by atoms with Crippen LogP contribution in [0.1, 0.15) is 387 Å². The number of carbonyl (C=O) groups excluding carboxylic acids is 4. The fraction of sp³-hybridized carbons (Fsp3) is 0.831. The standard InChI is InChI=1S/C83H152O17P2/c1-5-9-13-17-21-25-29-33-36-38-41-45-48-52-56-60-64-68-81(86)94-74-79(100-83(88)70-66-62-58-54-50-46-42-39-37-34-30-26-22-18-14-10-6-2)76-98-102(91,92)96-72-77(84)71-95-101(89,90)97-75-78(99-82(87)69-65-61-57-53-49-43-32-28-24-20-16-12-8-4)73-93-80(85)67-63-59-55-51-47-44-40-35-31-27-23-19-15-11-7-3/h21,25,33,35-36,40-41,45,52,56,77-79,84H,5-20,22-24,26-32,34,37-39,42-44,46-51,53-55,57-76H2,1-4H3,(H,89,90)(H,91,92)/b25-21-,36-33-,40-35-,45-41-,56-52-/t77-,78-,79-/m1/s1. The van der Waals surface area contributed by atoms with Gasteiger partial charge in [-0.15, -0.1) is 0 Å². The van der Waals surface area contributed by atoms with Gasteiger partial charge in [-0.2, -0.15) is 0 Å². The van der Waals surface area contributed by atoms with Gasteiger partial charge in [-0.05, 0) is 89.9 Å². The van der Waals surface area contributed by atoms with Crippen molar-refractivity contribution < 1.29 is 80.2 Å². The molecule has 2 unspecified atom stereocenters. The molecule has 0 saturated carbocycles. The maximum Gasteiger partial charge on any atom is 0.472 e. The van der Waals surface area contributed by atoms with Crippen LogP contribution in [-0.4, -0.2) is 96.7 Å². The highest BCUT2D eigenvalue weighted by molar-refractivity contribution is 7.47. The van der Waals surface area contributed by atoms with Crippen LogP contribution in [0.4, 0.5) is 0 Å². The van der Waals surface area contributed by atoms with Gasteiger partial charge in [0.2, 0.25) is 0 Å². The molecule has 3 N–H and O–H groups in total. The minimum atomic E-state index is -4.98. The third kappa shape index (κ3) is 75.0. The van der Waals surface area contributed by atoms with Crippen molar-refractivity contribution in [1.29, 1.82) is 0 Å². The Morgan fingerprint density at radius 3 is 0.804 bits per heavy atom. The van der Waals surface area contributed by atoms with E-state index in [9.17, 15) is 43.2 Å². The van der Waals surface area contributed by atoms with Crippen molar-refractivity contribution >= 4 is 39.5 Å². The van der Waals surface area contributed by atoms with Crippen molar-refractivity contribution in [3.63, 3.8) is 0 Å². The number of phosphoric ester groups is 2. The van der Waals surface area contributed by atoms with Crippen molar-refractivity contribution in [3.8, 4) is 0 Å². The van der Waals surface area contributed by atoms with Crippen LogP contribution >= 0.6 is 15.6 Å². The molecular weight excluding hydrogens is 1330 g/mol. The summed E-state index contributed by atoms with van der Waals surface area (Å²) in [6, 6.07) is 0. The maximum atomic E-state index is 13.1. The van der Waals surface area contributed by atoms with Gasteiger partial charge in [0.15, 0.2) is 12.2 Å². The molecule has 596 valence electrons. The van der Waals surface area contributed by atoms with E-state index in [0.29, 0.717) is 32.1 Å². The van der Waals surface area contributed by atoms with Crippen molar-refractivity contribution in [1.82, 2.24) is 0 Å². The summed E-state index contributed by atoms with van der Waals surface area (Å²) in [6.07, 6.45) is 76.2. The van der Waals surface area contributed by atoms with Crippen LogP contribution in [0.5, 0.6) is 0 Å². The van der Waals surface area contributed by atoms with Crippen LogP contribution in [0.3, 0.4) is 0 Å². The largest absolute Gasteiger partial charge is 0.472 e. The topological polar surface area (TPSA) is 237 Å². The molecule has 0 rings (SSSR count). The van der Waals surface area contributed by atoms with E-state index in [4.69, 9.17) is 37.0 Å². The first-order valence-corrected chi connectivity index (χ1v) is 44.5. The fourth-order valence-corrected chi connectivity index (χ4v) is 13.2. The summed E-state index contributed by atoms with van der Waals surface area (Å²) < 4.78 is 68.6. The summed E-state index contributed by atoms with van der Waals surface area (Å²) in [5.74, 6) is -2.21. The first kappa shape index (κ1) is 98.8. The van der Waals surface area contributed by atoms with E-state index in [2.05, 4.69) is 76.3 Å². The molecular formula is C83H152O17P2. The lowest BCUT2D eigenvalue weighted by Crippen LogP contribution is -2.30. The third-order valence-electron chi connectivity index (χ3n) is 18.0. The predicted molar refractivity (Wildman–Crippen MR) is 418 cm³/mol. The fourth-order valence-electron chi connectivity index (χ4n) is 11.6. The normalized spacial score (nSPS) is 14.1. The van der Waals surface area contributed by atoms with Crippen LogP contribution in [-0.2, 0) is 65.4 Å². The molecule has 0 amide bonds. The summed E-state index contributed by atoms with van der Waals surface area (Å²) >= 11 is 0. The average Bonchev–Trinajstić information content (AvgIpc) is 0.959. The Balaban J connectivity index is 5.36. The second-order valence-corrected chi connectivity index (χ2v) is 31.0. The van der Waals surface area contributed by atoms with Gasteiger partial charge in [0.25, 0.3) is 0 Å².